The van der Waals surface area contributed by atoms with E-state index >= 15 is 0 Å². The Morgan fingerprint density at radius 1 is 0.900 bits per heavy atom. The number of thioether (sulfide) groups is 1. The third-order valence-electron chi connectivity index (χ3n) is 4.18. The maximum absolute atomic E-state index is 12.4. The summed E-state index contributed by atoms with van der Waals surface area (Å²) in [4.78, 5) is 13.2. The van der Waals surface area contributed by atoms with Crippen LogP contribution < -0.4 is 14.8 Å². The molecule has 30 heavy (non-hydrogen) atoms. The van der Waals surface area contributed by atoms with E-state index in [1.165, 1.54) is 11.8 Å². The summed E-state index contributed by atoms with van der Waals surface area (Å²) in [6, 6.07) is 20.7. The molecule has 1 amide bonds. The number of amides is 1. The molecule has 0 aliphatic carbocycles. The van der Waals surface area contributed by atoms with Gasteiger partial charge in [0.05, 0.1) is 17.8 Å². The van der Waals surface area contributed by atoms with Gasteiger partial charge >= 0.3 is 0 Å². The minimum absolute atomic E-state index is 0.130. The lowest BCUT2D eigenvalue weighted by Crippen LogP contribution is -2.14. The monoisotopic (exact) mass is 442 g/mol. The average molecular weight is 443 g/mol. The molecule has 0 aromatic heterocycles. The van der Waals surface area contributed by atoms with Crippen LogP contribution in [-0.4, -0.2) is 27.2 Å². The Kier molecular flexibility index (Phi) is 7.02. The number of carbonyl (C=O) groups is 1. The summed E-state index contributed by atoms with van der Waals surface area (Å²) >= 11 is 1.37. The lowest BCUT2D eigenvalue weighted by molar-refractivity contribution is -0.113. The van der Waals surface area contributed by atoms with Gasteiger partial charge in [0.1, 0.15) is 5.75 Å². The molecule has 0 saturated heterocycles. The van der Waals surface area contributed by atoms with Crippen LogP contribution in [0.15, 0.2) is 82.6 Å². The fraction of sp³-hybridized carbons (Fsp3) is 0.136. The molecule has 156 valence electrons. The molecule has 0 aliphatic heterocycles. The molecule has 3 aromatic carbocycles. The number of anilines is 2. The van der Waals surface area contributed by atoms with Gasteiger partial charge in [-0.05, 0) is 67.6 Å². The zero-order valence-corrected chi connectivity index (χ0v) is 18.2. The number of hydrogen-bond acceptors (Lipinski definition) is 5. The van der Waals surface area contributed by atoms with Crippen molar-refractivity contribution in [2.24, 2.45) is 0 Å². The molecule has 3 aromatic rings. The van der Waals surface area contributed by atoms with Gasteiger partial charge in [-0.15, -0.1) is 11.8 Å². The number of benzene rings is 3. The first-order chi connectivity index (χ1) is 14.4. The van der Waals surface area contributed by atoms with Gasteiger partial charge in [0.2, 0.25) is 5.91 Å². The lowest BCUT2D eigenvalue weighted by Gasteiger charge is -2.09. The van der Waals surface area contributed by atoms with Crippen molar-refractivity contribution < 1.29 is 17.9 Å². The first-order valence-corrected chi connectivity index (χ1v) is 11.6. The summed E-state index contributed by atoms with van der Waals surface area (Å²) in [6.07, 6.45) is 0. The molecule has 0 radical (unpaired) electrons. The van der Waals surface area contributed by atoms with Gasteiger partial charge in [0, 0.05) is 16.3 Å². The molecule has 0 spiro atoms. The summed E-state index contributed by atoms with van der Waals surface area (Å²) in [5, 5.41) is 2.82. The van der Waals surface area contributed by atoms with Crippen molar-refractivity contribution in [1.29, 1.82) is 0 Å². The van der Waals surface area contributed by atoms with Crippen LogP contribution in [0.2, 0.25) is 0 Å². The Hall–Kier alpha value is -2.97. The van der Waals surface area contributed by atoms with Gasteiger partial charge in [0.25, 0.3) is 10.0 Å². The lowest BCUT2D eigenvalue weighted by atomic mass is 10.2. The van der Waals surface area contributed by atoms with E-state index in [0.717, 1.165) is 16.2 Å². The van der Waals surface area contributed by atoms with Crippen molar-refractivity contribution in [3.8, 4) is 5.75 Å². The summed E-state index contributed by atoms with van der Waals surface area (Å²) < 4.78 is 32.6. The van der Waals surface area contributed by atoms with E-state index in [9.17, 15) is 13.2 Å². The smallest absolute Gasteiger partial charge is 0.261 e. The van der Waals surface area contributed by atoms with Crippen molar-refractivity contribution in [1.82, 2.24) is 0 Å². The number of hydrogen-bond donors (Lipinski definition) is 2. The maximum atomic E-state index is 12.4. The van der Waals surface area contributed by atoms with Gasteiger partial charge in [-0.25, -0.2) is 8.42 Å². The van der Waals surface area contributed by atoms with Gasteiger partial charge in [-0.1, -0.05) is 17.7 Å². The molecule has 3 rings (SSSR count). The largest absolute Gasteiger partial charge is 0.497 e. The fourth-order valence-corrected chi connectivity index (χ4v) is 4.33. The van der Waals surface area contributed by atoms with E-state index in [4.69, 9.17) is 4.74 Å². The summed E-state index contributed by atoms with van der Waals surface area (Å²) in [5.41, 5.74) is 2.15. The van der Waals surface area contributed by atoms with Crippen LogP contribution in [0.4, 0.5) is 11.4 Å². The number of aryl methyl sites for hydroxylation is 1. The van der Waals surface area contributed by atoms with Crippen LogP contribution in [0, 0.1) is 6.92 Å². The molecule has 0 aliphatic rings. The Morgan fingerprint density at radius 2 is 1.50 bits per heavy atom. The van der Waals surface area contributed by atoms with Crippen LogP contribution in [0.25, 0.3) is 0 Å². The van der Waals surface area contributed by atoms with Gasteiger partial charge in [-0.3, -0.25) is 9.52 Å². The zero-order chi connectivity index (χ0) is 21.6. The highest BCUT2D eigenvalue weighted by molar-refractivity contribution is 8.00. The first-order valence-electron chi connectivity index (χ1n) is 9.12. The number of sulfonamides is 1. The van der Waals surface area contributed by atoms with E-state index in [1.807, 2.05) is 6.92 Å². The first kappa shape index (κ1) is 21.7. The minimum Gasteiger partial charge on any atom is -0.497 e. The highest BCUT2D eigenvalue weighted by atomic mass is 32.2. The predicted molar refractivity (Wildman–Crippen MR) is 121 cm³/mol. The van der Waals surface area contributed by atoms with Crippen LogP contribution in [0.5, 0.6) is 5.75 Å². The fourth-order valence-electron chi connectivity index (χ4n) is 2.57. The van der Waals surface area contributed by atoms with E-state index in [0.29, 0.717) is 11.4 Å². The zero-order valence-electron chi connectivity index (χ0n) is 16.6. The molecule has 8 heteroatoms. The summed E-state index contributed by atoms with van der Waals surface area (Å²) in [7, 11) is -2.05. The predicted octanol–water partition coefficient (Wildman–Crippen LogP) is 4.54. The second kappa shape index (κ2) is 9.69. The number of ether oxygens (including phenoxy) is 1. The summed E-state index contributed by atoms with van der Waals surface area (Å²) in [5.74, 6) is 0.829. The Bertz CT molecular complexity index is 1100. The number of rotatable bonds is 8. The van der Waals surface area contributed by atoms with E-state index in [1.54, 1.807) is 79.9 Å². The van der Waals surface area contributed by atoms with Crippen LogP contribution >= 0.6 is 11.8 Å². The minimum atomic E-state index is -3.64. The molecule has 0 fully saturated rings. The quantitative estimate of drug-likeness (QED) is 0.501. The second-order valence-corrected chi connectivity index (χ2v) is 9.24. The van der Waals surface area contributed by atoms with Crippen LogP contribution in [0.1, 0.15) is 5.56 Å². The molecule has 2 N–H and O–H groups in total. The molecule has 0 unspecified atom stereocenters. The van der Waals surface area contributed by atoms with Crippen LogP contribution in [-0.2, 0) is 14.8 Å². The molecular formula is C22H22N2O4S2. The number of nitrogens with one attached hydrogen (secondary N) is 2. The van der Waals surface area contributed by atoms with E-state index in [2.05, 4.69) is 10.0 Å². The highest BCUT2D eigenvalue weighted by Gasteiger charge is 2.13. The van der Waals surface area contributed by atoms with Crippen molar-refractivity contribution in [2.45, 2.75) is 16.7 Å². The third-order valence-corrected chi connectivity index (χ3v) is 6.59. The van der Waals surface area contributed by atoms with E-state index in [-0.39, 0.29) is 16.6 Å². The second-order valence-electron chi connectivity index (χ2n) is 6.51. The van der Waals surface area contributed by atoms with Crippen molar-refractivity contribution in [3.63, 3.8) is 0 Å². The Morgan fingerprint density at radius 3 is 2.10 bits per heavy atom. The topological polar surface area (TPSA) is 84.5 Å². The molecule has 0 atom stereocenters. The van der Waals surface area contributed by atoms with Crippen LogP contribution in [0.3, 0.4) is 0 Å². The molecule has 0 bridgehead atoms. The van der Waals surface area contributed by atoms with Gasteiger partial charge in [0.15, 0.2) is 0 Å². The highest BCUT2D eigenvalue weighted by Crippen LogP contribution is 2.23. The number of methoxy groups -OCH3 is 1. The van der Waals surface area contributed by atoms with Gasteiger partial charge in [-0.2, -0.15) is 0 Å². The maximum Gasteiger partial charge on any atom is 0.261 e. The Balaban J connectivity index is 1.53. The standard InChI is InChI=1S/C22H22N2O4S2/c1-16-3-13-21(14-4-16)30(26,27)24-18-7-11-20(12-8-18)29-15-22(25)23-17-5-9-19(28-2)10-6-17/h3-14,24H,15H2,1-2H3,(H,23,25). The van der Waals surface area contributed by atoms with Crippen molar-refractivity contribution >= 4 is 39.1 Å². The summed E-state index contributed by atoms with van der Waals surface area (Å²) in [6.45, 7) is 1.90. The van der Waals surface area contributed by atoms with Gasteiger partial charge < -0.3 is 10.1 Å². The number of carbonyl (C=O) groups excluding carboxylic acids is 1. The molecule has 0 heterocycles. The SMILES string of the molecule is COc1ccc(NC(=O)CSc2ccc(NS(=O)(=O)c3ccc(C)cc3)cc2)cc1. The van der Waals surface area contributed by atoms with E-state index < -0.39 is 10.0 Å². The molecular weight excluding hydrogens is 420 g/mol. The molecule has 0 saturated carbocycles. The van der Waals surface area contributed by atoms with Crippen molar-refractivity contribution in [2.75, 3.05) is 22.9 Å². The normalized spacial score (nSPS) is 11.0. The average Bonchev–Trinajstić information content (AvgIpc) is 2.74. The third kappa shape index (κ3) is 6.01. The molecule has 6 nitrogen and oxygen atoms in total. The Labute approximate surface area is 180 Å². The van der Waals surface area contributed by atoms with Crippen molar-refractivity contribution in [3.05, 3.63) is 78.4 Å².